The topological polar surface area (TPSA) is 157 Å². The molecule has 1 amide bonds. The van der Waals surface area contributed by atoms with E-state index < -0.39 is 6.04 Å². The maximum atomic E-state index is 12.4. The highest BCUT2D eigenvalue weighted by atomic mass is 16.2. The summed E-state index contributed by atoms with van der Waals surface area (Å²) in [6.45, 7) is 3.73. The Morgan fingerprint density at radius 3 is 2.58 bits per heavy atom. The first-order chi connectivity index (χ1) is 14.9. The third-order valence-electron chi connectivity index (χ3n) is 4.92. The number of aldehydes is 2. The summed E-state index contributed by atoms with van der Waals surface area (Å²) in [6.07, 6.45) is 5.03. The molecular weight excluding hydrogens is 396 g/mol. The highest BCUT2D eigenvalue weighted by Gasteiger charge is 2.15. The van der Waals surface area contributed by atoms with E-state index in [2.05, 4.69) is 26.8 Å². The molecule has 9 heteroatoms. The molecule has 0 aliphatic rings. The maximum Gasteiger partial charge on any atom is 0.251 e. The van der Waals surface area contributed by atoms with Crippen molar-refractivity contribution >= 4 is 41.3 Å². The SMILES string of the molecule is C=C(CC=O)C[C@@H](C=O)NC(=O)c1ccc(CCc2c[nH]c3nc(N)nc(N)c23)cc1. The monoisotopic (exact) mass is 420 g/mol. The van der Waals surface area contributed by atoms with Gasteiger partial charge in [-0.05, 0) is 42.5 Å². The number of anilines is 2. The van der Waals surface area contributed by atoms with Crippen LogP contribution in [-0.4, -0.2) is 39.5 Å². The minimum atomic E-state index is -0.719. The molecule has 0 fully saturated rings. The Morgan fingerprint density at radius 2 is 1.90 bits per heavy atom. The Bertz CT molecular complexity index is 1120. The Balaban J connectivity index is 1.61. The number of fused-ring (bicyclic) bond motifs is 1. The molecule has 2 heterocycles. The van der Waals surface area contributed by atoms with Gasteiger partial charge in [0.05, 0.1) is 11.4 Å². The molecule has 3 aromatic rings. The second-order valence-corrected chi connectivity index (χ2v) is 7.24. The number of aromatic nitrogens is 3. The number of benzene rings is 1. The summed E-state index contributed by atoms with van der Waals surface area (Å²) >= 11 is 0. The molecule has 1 atom stereocenters. The first kappa shape index (κ1) is 21.7. The van der Waals surface area contributed by atoms with E-state index in [0.717, 1.165) is 29.2 Å². The number of carbonyl (C=O) groups excluding carboxylic acids is 3. The molecule has 6 N–H and O–H groups in total. The predicted octanol–water partition coefficient (Wildman–Crippen LogP) is 1.74. The van der Waals surface area contributed by atoms with Gasteiger partial charge in [-0.2, -0.15) is 9.97 Å². The lowest BCUT2D eigenvalue weighted by Crippen LogP contribution is -2.36. The molecule has 0 radical (unpaired) electrons. The quantitative estimate of drug-likeness (QED) is 0.287. The summed E-state index contributed by atoms with van der Waals surface area (Å²) in [5.74, 6) is 0.102. The fraction of sp³-hybridized carbons (Fsp3) is 0.227. The summed E-state index contributed by atoms with van der Waals surface area (Å²) < 4.78 is 0. The number of H-pyrrole nitrogens is 1. The Labute approximate surface area is 178 Å². The van der Waals surface area contributed by atoms with Crippen LogP contribution in [0.5, 0.6) is 0 Å². The fourth-order valence-corrected chi connectivity index (χ4v) is 3.34. The first-order valence-corrected chi connectivity index (χ1v) is 9.75. The van der Waals surface area contributed by atoms with Crippen LogP contribution in [0.15, 0.2) is 42.6 Å². The van der Waals surface area contributed by atoms with E-state index in [1.165, 1.54) is 0 Å². The predicted molar refractivity (Wildman–Crippen MR) is 118 cm³/mol. The zero-order valence-corrected chi connectivity index (χ0v) is 16.9. The van der Waals surface area contributed by atoms with Gasteiger partial charge in [0.1, 0.15) is 24.0 Å². The van der Waals surface area contributed by atoms with Crippen LogP contribution in [-0.2, 0) is 22.4 Å². The van der Waals surface area contributed by atoms with Crippen molar-refractivity contribution in [3.05, 3.63) is 59.3 Å². The van der Waals surface area contributed by atoms with Crippen molar-refractivity contribution in [3.8, 4) is 0 Å². The van der Waals surface area contributed by atoms with E-state index in [-0.39, 0.29) is 24.7 Å². The van der Waals surface area contributed by atoms with E-state index in [9.17, 15) is 14.4 Å². The number of carbonyl (C=O) groups is 3. The van der Waals surface area contributed by atoms with Gasteiger partial charge in [0, 0.05) is 18.2 Å². The van der Waals surface area contributed by atoms with Crippen LogP contribution in [0.3, 0.4) is 0 Å². The van der Waals surface area contributed by atoms with Crippen LogP contribution >= 0.6 is 0 Å². The van der Waals surface area contributed by atoms with Gasteiger partial charge in [-0.3, -0.25) is 4.79 Å². The number of aryl methyl sites for hydroxylation is 2. The summed E-state index contributed by atoms with van der Waals surface area (Å²) in [5, 5.41) is 3.42. The zero-order valence-electron chi connectivity index (χ0n) is 16.9. The molecular formula is C22H24N6O3. The largest absolute Gasteiger partial charge is 0.383 e. The minimum Gasteiger partial charge on any atom is -0.383 e. The van der Waals surface area contributed by atoms with E-state index in [4.69, 9.17) is 11.5 Å². The summed E-state index contributed by atoms with van der Waals surface area (Å²) in [4.78, 5) is 45.4. The summed E-state index contributed by atoms with van der Waals surface area (Å²) in [5.41, 5.74) is 15.3. The molecule has 0 aliphatic carbocycles. The van der Waals surface area contributed by atoms with Crippen LogP contribution in [0, 0.1) is 0 Å². The number of hydrogen-bond donors (Lipinski definition) is 4. The highest BCUT2D eigenvalue weighted by Crippen LogP contribution is 2.24. The van der Waals surface area contributed by atoms with E-state index in [0.29, 0.717) is 35.3 Å². The van der Waals surface area contributed by atoms with E-state index >= 15 is 0 Å². The summed E-state index contributed by atoms with van der Waals surface area (Å²) in [7, 11) is 0. The molecule has 0 saturated carbocycles. The van der Waals surface area contributed by atoms with Crippen molar-refractivity contribution < 1.29 is 14.4 Å². The number of nitrogens with one attached hydrogen (secondary N) is 2. The van der Waals surface area contributed by atoms with Gasteiger partial charge in [0.2, 0.25) is 5.95 Å². The second kappa shape index (κ2) is 9.66. The lowest BCUT2D eigenvalue weighted by atomic mass is 10.0. The van der Waals surface area contributed by atoms with Gasteiger partial charge in [-0.25, -0.2) is 0 Å². The molecule has 31 heavy (non-hydrogen) atoms. The number of nitrogen functional groups attached to an aromatic ring is 2. The summed E-state index contributed by atoms with van der Waals surface area (Å²) in [6, 6.07) is 6.43. The van der Waals surface area contributed by atoms with Crippen molar-refractivity contribution in [2.75, 3.05) is 11.5 Å². The molecule has 0 spiro atoms. The average molecular weight is 420 g/mol. The molecule has 0 unspecified atom stereocenters. The van der Waals surface area contributed by atoms with Crippen LogP contribution in [0.4, 0.5) is 11.8 Å². The number of nitrogens with zero attached hydrogens (tertiary/aromatic N) is 2. The average Bonchev–Trinajstić information content (AvgIpc) is 3.15. The Kier molecular flexibility index (Phi) is 6.76. The smallest absolute Gasteiger partial charge is 0.251 e. The van der Waals surface area contributed by atoms with Crippen molar-refractivity contribution in [3.63, 3.8) is 0 Å². The number of amides is 1. The minimum absolute atomic E-state index is 0.122. The normalized spacial score (nSPS) is 11.7. The second-order valence-electron chi connectivity index (χ2n) is 7.24. The number of hydrogen-bond acceptors (Lipinski definition) is 7. The Morgan fingerprint density at radius 1 is 1.16 bits per heavy atom. The highest BCUT2D eigenvalue weighted by molar-refractivity contribution is 5.95. The molecule has 0 saturated heterocycles. The van der Waals surface area contributed by atoms with Crippen LogP contribution in [0.2, 0.25) is 0 Å². The van der Waals surface area contributed by atoms with Crippen LogP contribution in [0.25, 0.3) is 11.0 Å². The van der Waals surface area contributed by atoms with E-state index in [1.807, 2.05) is 18.3 Å². The molecule has 160 valence electrons. The lowest BCUT2D eigenvalue weighted by molar-refractivity contribution is -0.110. The lowest BCUT2D eigenvalue weighted by Gasteiger charge is -2.13. The molecule has 1 aromatic carbocycles. The number of nitrogens with two attached hydrogens (primary N) is 2. The Hall–Kier alpha value is -4.01. The standard InChI is InChI=1S/C22H24N6O3/c1-13(8-9-29)10-17(12-30)26-21(31)15-5-2-14(3-6-15)4-7-16-11-25-20-18(16)19(23)27-22(24)28-20/h2-3,5-6,9,11-12,17H,1,4,7-8,10H2,(H,26,31)(H5,23,24,25,27,28)/t17-/m0/s1. The molecule has 0 bridgehead atoms. The third kappa shape index (κ3) is 5.33. The van der Waals surface area contributed by atoms with Gasteiger partial charge in [0.25, 0.3) is 5.91 Å². The molecule has 3 rings (SSSR count). The maximum absolute atomic E-state index is 12.4. The van der Waals surface area contributed by atoms with Crippen molar-refractivity contribution in [2.24, 2.45) is 0 Å². The van der Waals surface area contributed by atoms with Gasteiger partial charge < -0.3 is 31.4 Å². The molecule has 9 nitrogen and oxygen atoms in total. The van der Waals surface area contributed by atoms with Crippen LogP contribution in [0.1, 0.15) is 34.3 Å². The van der Waals surface area contributed by atoms with Gasteiger partial charge in [0.15, 0.2) is 0 Å². The van der Waals surface area contributed by atoms with Crippen LogP contribution < -0.4 is 16.8 Å². The number of aromatic amines is 1. The van der Waals surface area contributed by atoms with Gasteiger partial charge in [-0.1, -0.05) is 24.3 Å². The van der Waals surface area contributed by atoms with Crippen molar-refractivity contribution in [1.29, 1.82) is 0 Å². The fourth-order valence-electron chi connectivity index (χ4n) is 3.34. The van der Waals surface area contributed by atoms with Gasteiger partial charge >= 0.3 is 0 Å². The van der Waals surface area contributed by atoms with Gasteiger partial charge in [-0.15, -0.1) is 0 Å². The third-order valence-corrected chi connectivity index (χ3v) is 4.92. The molecule has 2 aromatic heterocycles. The van der Waals surface area contributed by atoms with E-state index in [1.54, 1.807) is 12.1 Å². The molecule has 0 aliphatic heterocycles. The zero-order chi connectivity index (χ0) is 22.4. The van der Waals surface area contributed by atoms with Crippen molar-refractivity contribution in [2.45, 2.75) is 31.7 Å². The first-order valence-electron chi connectivity index (χ1n) is 9.75. The number of rotatable bonds is 10. The van der Waals surface area contributed by atoms with Crippen molar-refractivity contribution in [1.82, 2.24) is 20.3 Å².